The second-order valence-corrected chi connectivity index (χ2v) is 5.90. The standard InChI is InChI=1S/C18H23NO2/c1-4-13(11-12(2)3)18(21)19-16-9-5-8-15-14(16)7-6-10-17(15)20/h5-10,12-13,20H,4,11H2,1-3H3,(H,19,21). The van der Waals surface area contributed by atoms with Crippen molar-refractivity contribution in [1.82, 2.24) is 0 Å². The maximum absolute atomic E-state index is 12.4. The van der Waals surface area contributed by atoms with Gasteiger partial charge in [0.1, 0.15) is 5.75 Å². The Bertz CT molecular complexity index is 634. The van der Waals surface area contributed by atoms with Crippen LogP contribution in [0.1, 0.15) is 33.6 Å². The highest BCUT2D eigenvalue weighted by Gasteiger charge is 2.18. The Morgan fingerprint density at radius 2 is 1.81 bits per heavy atom. The van der Waals surface area contributed by atoms with Crippen molar-refractivity contribution in [2.75, 3.05) is 5.32 Å². The van der Waals surface area contributed by atoms with Crippen LogP contribution in [0.3, 0.4) is 0 Å². The van der Waals surface area contributed by atoms with E-state index in [-0.39, 0.29) is 17.6 Å². The van der Waals surface area contributed by atoms with Crippen LogP contribution in [-0.4, -0.2) is 11.0 Å². The van der Waals surface area contributed by atoms with Gasteiger partial charge in [0.25, 0.3) is 0 Å². The molecule has 0 aliphatic rings. The average molecular weight is 285 g/mol. The number of benzene rings is 2. The maximum atomic E-state index is 12.4. The number of phenolic OH excluding ortho intramolecular Hbond substituents is 1. The minimum atomic E-state index is 0.0255. The maximum Gasteiger partial charge on any atom is 0.227 e. The van der Waals surface area contributed by atoms with Crippen molar-refractivity contribution in [2.45, 2.75) is 33.6 Å². The number of hydrogen-bond acceptors (Lipinski definition) is 2. The van der Waals surface area contributed by atoms with Gasteiger partial charge >= 0.3 is 0 Å². The van der Waals surface area contributed by atoms with Crippen LogP contribution >= 0.6 is 0 Å². The van der Waals surface area contributed by atoms with Gasteiger partial charge in [-0.05, 0) is 30.9 Å². The number of carbonyl (C=O) groups excluding carboxylic acids is 1. The first-order chi connectivity index (χ1) is 10.0. The molecule has 0 saturated heterocycles. The molecule has 0 spiro atoms. The second kappa shape index (κ2) is 6.61. The summed E-state index contributed by atoms with van der Waals surface area (Å²) >= 11 is 0. The third kappa shape index (κ3) is 3.54. The van der Waals surface area contributed by atoms with Gasteiger partial charge in [0.2, 0.25) is 5.91 Å². The minimum absolute atomic E-state index is 0.0255. The van der Waals surface area contributed by atoms with Gasteiger partial charge in [-0.3, -0.25) is 4.79 Å². The van der Waals surface area contributed by atoms with E-state index >= 15 is 0 Å². The Hall–Kier alpha value is -2.03. The monoisotopic (exact) mass is 285 g/mol. The van der Waals surface area contributed by atoms with Crippen molar-refractivity contribution in [3.8, 4) is 5.75 Å². The molecule has 2 rings (SSSR count). The Labute approximate surface area is 126 Å². The van der Waals surface area contributed by atoms with Crippen LogP contribution in [0.25, 0.3) is 10.8 Å². The molecule has 1 atom stereocenters. The fraction of sp³-hybridized carbons (Fsp3) is 0.389. The van der Waals surface area contributed by atoms with Gasteiger partial charge in [0, 0.05) is 22.4 Å². The summed E-state index contributed by atoms with van der Waals surface area (Å²) in [5.41, 5.74) is 0.760. The Morgan fingerprint density at radius 3 is 2.48 bits per heavy atom. The molecule has 3 nitrogen and oxygen atoms in total. The Kier molecular flexibility index (Phi) is 4.84. The Balaban J connectivity index is 2.27. The summed E-state index contributed by atoms with van der Waals surface area (Å²) in [4.78, 5) is 12.4. The van der Waals surface area contributed by atoms with Crippen LogP contribution in [-0.2, 0) is 4.79 Å². The number of fused-ring (bicyclic) bond motifs is 1. The van der Waals surface area contributed by atoms with Crippen LogP contribution in [0.5, 0.6) is 5.75 Å². The Morgan fingerprint density at radius 1 is 1.14 bits per heavy atom. The first-order valence-electron chi connectivity index (χ1n) is 7.54. The molecule has 0 radical (unpaired) electrons. The van der Waals surface area contributed by atoms with Crippen molar-refractivity contribution in [1.29, 1.82) is 0 Å². The third-order valence-corrected chi connectivity index (χ3v) is 3.78. The number of aromatic hydroxyl groups is 1. The van der Waals surface area contributed by atoms with Crippen LogP contribution < -0.4 is 5.32 Å². The molecule has 1 amide bonds. The highest BCUT2D eigenvalue weighted by molar-refractivity contribution is 6.04. The van der Waals surface area contributed by atoms with E-state index in [1.807, 2.05) is 31.2 Å². The van der Waals surface area contributed by atoms with Crippen molar-refractivity contribution in [3.63, 3.8) is 0 Å². The molecule has 0 aromatic heterocycles. The number of carbonyl (C=O) groups is 1. The van der Waals surface area contributed by atoms with Gasteiger partial charge in [-0.2, -0.15) is 0 Å². The van der Waals surface area contributed by atoms with E-state index in [0.717, 1.165) is 29.3 Å². The predicted molar refractivity (Wildman–Crippen MR) is 87.5 cm³/mol. The zero-order chi connectivity index (χ0) is 15.4. The van der Waals surface area contributed by atoms with E-state index in [1.54, 1.807) is 12.1 Å². The van der Waals surface area contributed by atoms with Gasteiger partial charge in [0.05, 0.1) is 0 Å². The summed E-state index contributed by atoms with van der Waals surface area (Å²) in [5.74, 6) is 0.815. The second-order valence-electron chi connectivity index (χ2n) is 5.90. The molecule has 0 aliphatic heterocycles. The van der Waals surface area contributed by atoms with Gasteiger partial charge in [-0.15, -0.1) is 0 Å². The van der Waals surface area contributed by atoms with Gasteiger partial charge in [-0.25, -0.2) is 0 Å². The van der Waals surface area contributed by atoms with E-state index < -0.39 is 0 Å². The molecule has 21 heavy (non-hydrogen) atoms. The number of nitrogens with one attached hydrogen (secondary N) is 1. The molecule has 0 fully saturated rings. The van der Waals surface area contributed by atoms with Gasteiger partial charge in [0.15, 0.2) is 0 Å². The highest BCUT2D eigenvalue weighted by Crippen LogP contribution is 2.30. The average Bonchev–Trinajstić information content (AvgIpc) is 2.45. The van der Waals surface area contributed by atoms with Crippen LogP contribution in [0.2, 0.25) is 0 Å². The van der Waals surface area contributed by atoms with Crippen LogP contribution in [0, 0.1) is 11.8 Å². The zero-order valence-electron chi connectivity index (χ0n) is 12.9. The quantitative estimate of drug-likeness (QED) is 0.846. The number of rotatable bonds is 5. The van der Waals surface area contributed by atoms with E-state index in [0.29, 0.717) is 5.92 Å². The smallest absolute Gasteiger partial charge is 0.227 e. The molecule has 2 aromatic rings. The first-order valence-corrected chi connectivity index (χ1v) is 7.54. The van der Waals surface area contributed by atoms with E-state index in [9.17, 15) is 9.90 Å². The van der Waals surface area contributed by atoms with Gasteiger partial charge < -0.3 is 10.4 Å². The first kappa shape index (κ1) is 15.4. The number of hydrogen-bond donors (Lipinski definition) is 2. The molecule has 1 unspecified atom stereocenters. The minimum Gasteiger partial charge on any atom is -0.507 e. The predicted octanol–water partition coefficient (Wildman–Crippen LogP) is 4.56. The molecule has 2 N–H and O–H groups in total. The lowest BCUT2D eigenvalue weighted by Gasteiger charge is -2.18. The molecule has 2 aromatic carbocycles. The molecule has 112 valence electrons. The largest absolute Gasteiger partial charge is 0.507 e. The fourth-order valence-electron chi connectivity index (χ4n) is 2.67. The number of anilines is 1. The van der Waals surface area contributed by atoms with E-state index in [2.05, 4.69) is 19.2 Å². The lowest BCUT2D eigenvalue weighted by molar-refractivity contribution is -0.120. The van der Waals surface area contributed by atoms with Crippen molar-refractivity contribution in [2.24, 2.45) is 11.8 Å². The summed E-state index contributed by atoms with van der Waals surface area (Å²) in [6, 6.07) is 10.9. The summed E-state index contributed by atoms with van der Waals surface area (Å²) in [6.45, 7) is 6.30. The van der Waals surface area contributed by atoms with E-state index in [1.165, 1.54) is 0 Å². The third-order valence-electron chi connectivity index (χ3n) is 3.78. The number of phenols is 1. The zero-order valence-corrected chi connectivity index (χ0v) is 12.9. The lowest BCUT2D eigenvalue weighted by Crippen LogP contribution is -2.23. The SMILES string of the molecule is CCC(CC(C)C)C(=O)Nc1cccc2c(O)cccc12. The normalized spacial score (nSPS) is 12.6. The molecular formula is C18H23NO2. The topological polar surface area (TPSA) is 49.3 Å². The fourth-order valence-corrected chi connectivity index (χ4v) is 2.67. The molecular weight excluding hydrogens is 262 g/mol. The van der Waals surface area contributed by atoms with Crippen LogP contribution in [0.15, 0.2) is 36.4 Å². The summed E-state index contributed by atoms with van der Waals surface area (Å²) < 4.78 is 0. The molecule has 0 saturated carbocycles. The summed E-state index contributed by atoms with van der Waals surface area (Å²) in [7, 11) is 0. The highest BCUT2D eigenvalue weighted by atomic mass is 16.3. The summed E-state index contributed by atoms with van der Waals surface area (Å²) in [6.07, 6.45) is 1.72. The van der Waals surface area contributed by atoms with Crippen molar-refractivity contribution >= 4 is 22.4 Å². The molecule has 0 aliphatic carbocycles. The number of amides is 1. The van der Waals surface area contributed by atoms with Crippen molar-refractivity contribution < 1.29 is 9.90 Å². The molecule has 0 bridgehead atoms. The lowest BCUT2D eigenvalue weighted by atomic mass is 9.94. The van der Waals surface area contributed by atoms with Crippen molar-refractivity contribution in [3.05, 3.63) is 36.4 Å². The molecule has 3 heteroatoms. The molecule has 0 heterocycles. The van der Waals surface area contributed by atoms with Crippen LogP contribution in [0.4, 0.5) is 5.69 Å². The summed E-state index contributed by atoms with van der Waals surface area (Å²) in [5, 5.41) is 14.5. The van der Waals surface area contributed by atoms with E-state index in [4.69, 9.17) is 0 Å². The van der Waals surface area contributed by atoms with Gasteiger partial charge in [-0.1, -0.05) is 45.0 Å².